The molecule has 1 saturated heterocycles. The van der Waals surface area contributed by atoms with Gasteiger partial charge in [0.15, 0.2) is 5.82 Å². The number of aromatic amines is 1. The highest BCUT2D eigenvalue weighted by atomic mass is 19.1. The monoisotopic (exact) mass is 630 g/mol. The molecule has 1 aliphatic rings. The summed E-state index contributed by atoms with van der Waals surface area (Å²) in [5, 5.41) is 6.87. The largest absolute Gasteiger partial charge is 0.383 e. The molecule has 2 atom stereocenters. The molecule has 12 heteroatoms. The lowest BCUT2D eigenvalue weighted by molar-refractivity contribution is -0.128. The number of pyridine rings is 2. The topological polar surface area (TPSA) is 119 Å². The number of fused-ring (bicyclic) bond motifs is 1. The quantitative estimate of drug-likeness (QED) is 0.162. The number of amides is 1. The Morgan fingerprint density at radius 2 is 1.89 bits per heavy atom. The first-order chi connectivity index (χ1) is 22.1. The summed E-state index contributed by atoms with van der Waals surface area (Å²) in [5.41, 5.74) is 1.81. The van der Waals surface area contributed by atoms with Crippen molar-refractivity contribution in [3.05, 3.63) is 88.6 Å². The molecule has 3 aromatic heterocycles. The summed E-state index contributed by atoms with van der Waals surface area (Å²) in [6.45, 7) is 14.1. The van der Waals surface area contributed by atoms with Crippen molar-refractivity contribution in [2.45, 2.75) is 52.1 Å². The summed E-state index contributed by atoms with van der Waals surface area (Å²) in [6, 6.07) is 9.40. The van der Waals surface area contributed by atoms with E-state index in [4.69, 9.17) is 0 Å². The summed E-state index contributed by atoms with van der Waals surface area (Å²) < 4.78 is 31.2. The molecule has 46 heavy (non-hydrogen) atoms. The molecule has 4 aromatic rings. The molecule has 4 heterocycles. The zero-order valence-electron chi connectivity index (χ0n) is 26.6. The highest BCUT2D eigenvalue weighted by Crippen LogP contribution is 2.35. The van der Waals surface area contributed by atoms with Gasteiger partial charge in [0.2, 0.25) is 5.91 Å². The molecule has 3 N–H and O–H groups in total. The first kappa shape index (κ1) is 32.7. The van der Waals surface area contributed by atoms with E-state index in [0.717, 1.165) is 18.7 Å². The van der Waals surface area contributed by atoms with Gasteiger partial charge in [0.05, 0.1) is 10.9 Å². The van der Waals surface area contributed by atoms with Gasteiger partial charge in [-0.05, 0) is 74.7 Å². The van der Waals surface area contributed by atoms with Crippen molar-refractivity contribution in [2.75, 3.05) is 42.9 Å². The Morgan fingerprint density at radius 1 is 1.09 bits per heavy atom. The van der Waals surface area contributed by atoms with Crippen LogP contribution in [0.5, 0.6) is 0 Å². The van der Waals surface area contributed by atoms with E-state index in [0.29, 0.717) is 37.8 Å². The molecule has 5 rings (SSSR count). The number of halogens is 2. The van der Waals surface area contributed by atoms with Gasteiger partial charge in [0.1, 0.15) is 23.0 Å². The van der Waals surface area contributed by atoms with Crippen LogP contribution >= 0.6 is 0 Å². The number of H-pyrrole nitrogens is 1. The molecule has 0 radical (unpaired) electrons. The molecule has 1 fully saturated rings. The maximum absolute atomic E-state index is 15.9. The predicted octanol–water partition coefficient (Wildman–Crippen LogP) is 4.64. The van der Waals surface area contributed by atoms with E-state index < -0.39 is 17.3 Å². The number of nitrogens with zero attached hydrogens (tertiary/aromatic N) is 5. The predicted molar refractivity (Wildman–Crippen MR) is 177 cm³/mol. The Balaban J connectivity index is 1.34. The Labute approximate surface area is 267 Å². The minimum absolute atomic E-state index is 0.0300. The molecule has 0 unspecified atom stereocenters. The van der Waals surface area contributed by atoms with Crippen LogP contribution in [0.4, 0.5) is 20.3 Å². The van der Waals surface area contributed by atoms with Crippen LogP contribution in [0.25, 0.3) is 22.3 Å². The van der Waals surface area contributed by atoms with E-state index in [9.17, 15) is 9.59 Å². The fourth-order valence-electron chi connectivity index (χ4n) is 5.80. The number of carbonyl (C=O) groups excluding carboxylic acids is 1. The van der Waals surface area contributed by atoms with E-state index in [-0.39, 0.29) is 46.1 Å². The zero-order valence-corrected chi connectivity index (χ0v) is 26.6. The molecule has 0 spiro atoms. The molecule has 0 saturated carbocycles. The van der Waals surface area contributed by atoms with Crippen LogP contribution in [-0.2, 0) is 11.2 Å². The van der Waals surface area contributed by atoms with Crippen molar-refractivity contribution >= 4 is 28.4 Å². The molecule has 0 aliphatic carbocycles. The van der Waals surface area contributed by atoms with Crippen LogP contribution in [0.15, 0.2) is 60.0 Å². The summed E-state index contributed by atoms with van der Waals surface area (Å²) in [6.07, 6.45) is 3.95. The standard InChI is InChI=1S/C34H40F2N8O2/c1-6-29(45)43-18-22(5)44(19-21(43)4)33-24-17-26(36)31(40-32(24)41-34(46)42-33)30-25(35)8-7-9-27(30)39-15-14-37-12-10-23-11-13-38-28(16-23)20(2)3/h6-9,11,13,16-17,20-22,37,39H,1,10,12,14-15,18-19H2,2-5H3,(H,40,41,42,46)/t21-,22+/m1/s1. The summed E-state index contributed by atoms with van der Waals surface area (Å²) in [4.78, 5) is 44.2. The van der Waals surface area contributed by atoms with Crippen LogP contribution in [0.2, 0.25) is 0 Å². The number of carbonyl (C=O) groups is 1. The number of benzene rings is 1. The summed E-state index contributed by atoms with van der Waals surface area (Å²) in [5.74, 6) is -0.970. The Morgan fingerprint density at radius 3 is 2.65 bits per heavy atom. The molecule has 1 aliphatic heterocycles. The molecular weight excluding hydrogens is 590 g/mol. The Hall–Kier alpha value is -4.71. The second-order valence-electron chi connectivity index (χ2n) is 12.0. The fourth-order valence-corrected chi connectivity index (χ4v) is 5.80. The number of piperazine rings is 1. The van der Waals surface area contributed by atoms with Crippen molar-refractivity contribution in [3.8, 4) is 11.3 Å². The van der Waals surface area contributed by atoms with Crippen molar-refractivity contribution in [3.63, 3.8) is 0 Å². The van der Waals surface area contributed by atoms with Gasteiger partial charge in [0, 0.05) is 55.8 Å². The lowest BCUT2D eigenvalue weighted by Gasteiger charge is -2.44. The maximum Gasteiger partial charge on any atom is 0.348 e. The van der Waals surface area contributed by atoms with E-state index in [1.165, 1.54) is 23.8 Å². The van der Waals surface area contributed by atoms with Gasteiger partial charge in [-0.15, -0.1) is 0 Å². The minimum atomic E-state index is -0.756. The molecule has 242 valence electrons. The van der Waals surface area contributed by atoms with E-state index >= 15 is 8.78 Å². The van der Waals surface area contributed by atoms with E-state index in [1.54, 1.807) is 17.0 Å². The average molecular weight is 631 g/mol. The number of rotatable bonds is 11. The van der Waals surface area contributed by atoms with Gasteiger partial charge < -0.3 is 20.4 Å². The Bertz CT molecular complexity index is 1790. The second-order valence-corrected chi connectivity index (χ2v) is 12.0. The summed E-state index contributed by atoms with van der Waals surface area (Å²) in [7, 11) is 0. The van der Waals surface area contributed by atoms with Crippen LogP contribution in [0.3, 0.4) is 0 Å². The highest BCUT2D eigenvalue weighted by Gasteiger charge is 2.33. The normalized spacial score (nSPS) is 16.7. The third-order valence-corrected chi connectivity index (χ3v) is 8.26. The van der Waals surface area contributed by atoms with Crippen LogP contribution < -0.4 is 21.2 Å². The summed E-state index contributed by atoms with van der Waals surface area (Å²) >= 11 is 0. The van der Waals surface area contributed by atoms with Gasteiger partial charge in [-0.25, -0.2) is 18.6 Å². The van der Waals surface area contributed by atoms with E-state index in [2.05, 4.69) is 57.1 Å². The zero-order chi connectivity index (χ0) is 33.0. The van der Waals surface area contributed by atoms with Gasteiger partial charge in [0.25, 0.3) is 0 Å². The van der Waals surface area contributed by atoms with Crippen molar-refractivity contribution in [1.29, 1.82) is 0 Å². The van der Waals surface area contributed by atoms with Crippen LogP contribution in [-0.4, -0.2) is 75.6 Å². The highest BCUT2D eigenvalue weighted by molar-refractivity contribution is 5.91. The number of hydrogen-bond donors (Lipinski definition) is 3. The number of hydrogen-bond acceptors (Lipinski definition) is 8. The van der Waals surface area contributed by atoms with Crippen molar-refractivity contribution in [1.82, 2.24) is 30.2 Å². The molecule has 10 nitrogen and oxygen atoms in total. The third-order valence-electron chi connectivity index (χ3n) is 8.26. The smallest absolute Gasteiger partial charge is 0.348 e. The Kier molecular flexibility index (Phi) is 10.1. The molecular formula is C34H40F2N8O2. The number of nitrogens with one attached hydrogen (secondary N) is 3. The average Bonchev–Trinajstić information content (AvgIpc) is 3.03. The van der Waals surface area contributed by atoms with Crippen LogP contribution in [0, 0.1) is 11.6 Å². The number of anilines is 2. The molecule has 1 amide bonds. The van der Waals surface area contributed by atoms with E-state index in [1.807, 2.05) is 31.0 Å². The van der Waals surface area contributed by atoms with Gasteiger partial charge >= 0.3 is 5.69 Å². The fraction of sp³-hybridized carbons (Fsp3) is 0.382. The minimum Gasteiger partial charge on any atom is -0.383 e. The first-order valence-corrected chi connectivity index (χ1v) is 15.6. The van der Waals surface area contributed by atoms with Gasteiger partial charge in [-0.1, -0.05) is 26.5 Å². The first-order valence-electron chi connectivity index (χ1n) is 15.6. The lowest BCUT2D eigenvalue weighted by Crippen LogP contribution is -2.58. The lowest BCUT2D eigenvalue weighted by atomic mass is 10.1. The molecule has 0 bridgehead atoms. The van der Waals surface area contributed by atoms with Gasteiger partial charge in [-0.3, -0.25) is 14.8 Å². The third kappa shape index (κ3) is 7.07. The van der Waals surface area contributed by atoms with Gasteiger partial charge in [-0.2, -0.15) is 4.98 Å². The second kappa shape index (κ2) is 14.2. The van der Waals surface area contributed by atoms with Crippen molar-refractivity contribution in [2.24, 2.45) is 0 Å². The van der Waals surface area contributed by atoms with Crippen LogP contribution in [0.1, 0.15) is 44.9 Å². The molecule has 1 aromatic carbocycles. The van der Waals surface area contributed by atoms with Crippen molar-refractivity contribution < 1.29 is 13.6 Å². The number of aromatic nitrogens is 4. The SMILES string of the molecule is C=CC(=O)N1C[C@H](C)N(c2nc(=O)[nH]c3nc(-c4c(F)cccc4NCCNCCc4ccnc(C(C)C)c4)c(F)cc23)C[C@H]1C. The maximum atomic E-state index is 15.9.